The van der Waals surface area contributed by atoms with Gasteiger partial charge in [0.2, 0.25) is 11.8 Å². The van der Waals surface area contributed by atoms with E-state index >= 15 is 0 Å². The smallest absolute Gasteiger partial charge is 0.250 e. The second-order valence-corrected chi connectivity index (χ2v) is 8.03. The number of carbonyl (C=O) groups is 2. The maximum absolute atomic E-state index is 13.0. The molecule has 2 amide bonds. The van der Waals surface area contributed by atoms with Crippen molar-refractivity contribution in [3.63, 3.8) is 0 Å². The minimum Gasteiger partial charge on any atom is -0.378 e. The molecule has 1 aliphatic rings. The predicted octanol–water partition coefficient (Wildman–Crippen LogP) is 2.50. The van der Waals surface area contributed by atoms with E-state index in [0.29, 0.717) is 52.0 Å². The molecule has 1 saturated heterocycles. The minimum atomic E-state index is -0.817. The van der Waals surface area contributed by atoms with Crippen molar-refractivity contribution in [1.82, 2.24) is 10.2 Å². The van der Waals surface area contributed by atoms with Crippen LogP contribution in [0.1, 0.15) is 24.0 Å². The van der Waals surface area contributed by atoms with Crippen molar-refractivity contribution < 1.29 is 19.1 Å². The maximum Gasteiger partial charge on any atom is 0.250 e. The highest BCUT2D eigenvalue weighted by atomic mass is 16.5. The topological polar surface area (TPSA) is 91.7 Å². The van der Waals surface area contributed by atoms with Crippen molar-refractivity contribution in [3.8, 4) is 6.07 Å². The molecule has 0 spiro atoms. The summed E-state index contributed by atoms with van der Waals surface area (Å²) in [6, 6.07) is 21.2. The first kappa shape index (κ1) is 24.4. The van der Waals surface area contributed by atoms with Crippen molar-refractivity contribution in [1.29, 1.82) is 5.26 Å². The molecule has 0 bridgehead atoms. The van der Waals surface area contributed by atoms with Gasteiger partial charge in [-0.25, -0.2) is 0 Å². The second kappa shape index (κ2) is 13.4. The molecule has 2 aromatic rings. The lowest BCUT2D eigenvalue weighted by atomic mass is 10.0. The number of amides is 2. The molecule has 0 saturated carbocycles. The van der Waals surface area contributed by atoms with Crippen LogP contribution in [0, 0.1) is 11.3 Å². The summed E-state index contributed by atoms with van der Waals surface area (Å²) in [6.45, 7) is 1.90. The monoisotopic (exact) mass is 449 g/mol. The number of nitrogens with one attached hydrogen (secondary N) is 1. The fourth-order valence-electron chi connectivity index (χ4n) is 3.70. The number of ether oxygens (including phenoxy) is 2. The Labute approximate surface area is 195 Å². The number of aryl methyl sites for hydroxylation is 2. The molecular formula is C26H31N3O4. The number of nitriles is 1. The Hall–Kier alpha value is -3.21. The van der Waals surface area contributed by atoms with Crippen LogP contribution in [-0.2, 0) is 31.9 Å². The summed E-state index contributed by atoms with van der Waals surface area (Å²) < 4.78 is 11.1. The molecule has 0 aliphatic carbocycles. The summed E-state index contributed by atoms with van der Waals surface area (Å²) in [5.41, 5.74) is 2.19. The number of hydrogen-bond acceptors (Lipinski definition) is 5. The van der Waals surface area contributed by atoms with Crippen LogP contribution in [0.2, 0.25) is 0 Å². The third-order valence-corrected chi connectivity index (χ3v) is 5.64. The molecule has 2 atom stereocenters. The van der Waals surface area contributed by atoms with E-state index < -0.39 is 12.1 Å². The van der Waals surface area contributed by atoms with Crippen molar-refractivity contribution in [3.05, 3.63) is 71.8 Å². The Morgan fingerprint density at radius 1 is 0.970 bits per heavy atom. The Morgan fingerprint density at radius 3 is 2.12 bits per heavy atom. The fraction of sp³-hybridized carbons (Fsp3) is 0.423. The molecule has 0 aromatic heterocycles. The number of carbonyl (C=O) groups excluding carboxylic acids is 2. The first-order valence-electron chi connectivity index (χ1n) is 11.4. The molecule has 7 nitrogen and oxygen atoms in total. The van der Waals surface area contributed by atoms with Gasteiger partial charge >= 0.3 is 0 Å². The van der Waals surface area contributed by atoms with E-state index in [1.807, 2.05) is 60.7 Å². The van der Waals surface area contributed by atoms with E-state index in [1.54, 1.807) is 4.90 Å². The van der Waals surface area contributed by atoms with E-state index in [0.717, 1.165) is 11.1 Å². The zero-order valence-corrected chi connectivity index (χ0v) is 18.8. The SMILES string of the molecule is N#CC(CCc1ccccc1)NC(=O)C(CCc1ccccc1)OCC(=O)N1CCOCC1. The molecule has 1 aliphatic heterocycles. The highest BCUT2D eigenvalue weighted by molar-refractivity contribution is 5.82. The van der Waals surface area contributed by atoms with Crippen molar-refractivity contribution in [2.45, 2.75) is 37.8 Å². The molecule has 1 N–H and O–H groups in total. The second-order valence-electron chi connectivity index (χ2n) is 8.03. The lowest BCUT2D eigenvalue weighted by Crippen LogP contribution is -2.46. The van der Waals surface area contributed by atoms with Gasteiger partial charge in [-0.1, -0.05) is 60.7 Å². The summed E-state index contributed by atoms with van der Waals surface area (Å²) in [6.07, 6.45) is 1.42. The molecule has 0 radical (unpaired) electrons. The number of hydrogen-bond donors (Lipinski definition) is 1. The molecule has 1 heterocycles. The molecule has 174 valence electrons. The highest BCUT2D eigenvalue weighted by Gasteiger charge is 2.25. The standard InChI is InChI=1S/C26H31N3O4/c27-19-23(13-11-21-7-3-1-4-8-21)28-26(31)24(14-12-22-9-5-2-6-10-22)33-20-25(30)29-15-17-32-18-16-29/h1-10,23-24H,11-18,20H2,(H,28,31). The molecule has 33 heavy (non-hydrogen) atoms. The van der Waals surface area contributed by atoms with Gasteiger partial charge in [0.15, 0.2) is 0 Å². The Balaban J connectivity index is 1.57. The summed E-state index contributed by atoms with van der Waals surface area (Å²) in [5, 5.41) is 12.4. The normalized spacial score (nSPS) is 15.3. The number of benzene rings is 2. The summed E-state index contributed by atoms with van der Waals surface area (Å²) in [5.74, 6) is -0.517. The van der Waals surface area contributed by atoms with Gasteiger partial charge in [-0.3, -0.25) is 9.59 Å². The summed E-state index contributed by atoms with van der Waals surface area (Å²) in [4.78, 5) is 27.2. The third kappa shape index (κ3) is 8.33. The van der Waals surface area contributed by atoms with E-state index in [9.17, 15) is 14.9 Å². The van der Waals surface area contributed by atoms with Crippen LogP contribution in [0.4, 0.5) is 0 Å². The average Bonchev–Trinajstić information content (AvgIpc) is 2.88. The maximum atomic E-state index is 13.0. The summed E-state index contributed by atoms with van der Waals surface area (Å²) in [7, 11) is 0. The van der Waals surface area contributed by atoms with Crippen molar-refractivity contribution in [2.24, 2.45) is 0 Å². The van der Waals surface area contributed by atoms with Crippen LogP contribution < -0.4 is 5.32 Å². The molecule has 2 unspecified atom stereocenters. The molecule has 1 fully saturated rings. The predicted molar refractivity (Wildman–Crippen MR) is 124 cm³/mol. The molecule has 7 heteroatoms. The van der Waals surface area contributed by atoms with E-state index in [1.165, 1.54) is 0 Å². The van der Waals surface area contributed by atoms with E-state index in [4.69, 9.17) is 9.47 Å². The van der Waals surface area contributed by atoms with Crippen molar-refractivity contribution >= 4 is 11.8 Å². The largest absolute Gasteiger partial charge is 0.378 e. The Bertz CT molecular complexity index is 908. The quantitative estimate of drug-likeness (QED) is 0.569. The summed E-state index contributed by atoms with van der Waals surface area (Å²) >= 11 is 0. The lowest BCUT2D eigenvalue weighted by Gasteiger charge is -2.27. The number of nitrogens with zero attached hydrogens (tertiary/aromatic N) is 2. The number of morpholine rings is 1. The highest BCUT2D eigenvalue weighted by Crippen LogP contribution is 2.11. The van der Waals surface area contributed by atoms with Crippen molar-refractivity contribution in [2.75, 3.05) is 32.9 Å². The van der Waals surface area contributed by atoms with Crippen LogP contribution in [-0.4, -0.2) is 61.8 Å². The minimum absolute atomic E-state index is 0.156. The average molecular weight is 450 g/mol. The van der Waals surface area contributed by atoms with E-state index in [2.05, 4.69) is 11.4 Å². The molecular weight excluding hydrogens is 418 g/mol. The first-order chi connectivity index (χ1) is 16.2. The first-order valence-corrected chi connectivity index (χ1v) is 11.4. The van der Waals surface area contributed by atoms with Crippen LogP contribution in [0.5, 0.6) is 0 Å². The fourth-order valence-corrected chi connectivity index (χ4v) is 3.70. The third-order valence-electron chi connectivity index (χ3n) is 5.64. The zero-order valence-electron chi connectivity index (χ0n) is 18.8. The van der Waals surface area contributed by atoms with Crippen LogP contribution in [0.25, 0.3) is 0 Å². The van der Waals surface area contributed by atoms with Gasteiger partial charge < -0.3 is 19.7 Å². The van der Waals surface area contributed by atoms with Gasteiger partial charge in [-0.05, 0) is 36.8 Å². The van der Waals surface area contributed by atoms with Crippen LogP contribution in [0.3, 0.4) is 0 Å². The van der Waals surface area contributed by atoms with Crippen LogP contribution in [0.15, 0.2) is 60.7 Å². The lowest BCUT2D eigenvalue weighted by molar-refractivity contribution is -0.146. The van der Waals surface area contributed by atoms with E-state index in [-0.39, 0.29) is 18.4 Å². The Kier molecular flexibility index (Phi) is 9.89. The number of rotatable bonds is 11. The van der Waals surface area contributed by atoms with Gasteiger partial charge in [0.25, 0.3) is 0 Å². The molecule has 2 aromatic carbocycles. The van der Waals surface area contributed by atoms with Gasteiger partial charge in [0.05, 0.1) is 19.3 Å². The van der Waals surface area contributed by atoms with Gasteiger partial charge in [-0.15, -0.1) is 0 Å². The van der Waals surface area contributed by atoms with Gasteiger partial charge in [0, 0.05) is 13.1 Å². The Morgan fingerprint density at radius 2 is 1.55 bits per heavy atom. The van der Waals surface area contributed by atoms with Gasteiger partial charge in [0.1, 0.15) is 18.8 Å². The van der Waals surface area contributed by atoms with Crippen LogP contribution >= 0.6 is 0 Å². The molecule has 3 rings (SSSR count). The van der Waals surface area contributed by atoms with Gasteiger partial charge in [-0.2, -0.15) is 5.26 Å². The zero-order chi connectivity index (χ0) is 23.3.